The molecular formula is C19H26N2OS. The van der Waals surface area contributed by atoms with Crippen molar-refractivity contribution in [3.8, 4) is 0 Å². The van der Waals surface area contributed by atoms with E-state index < -0.39 is 0 Å². The summed E-state index contributed by atoms with van der Waals surface area (Å²) in [5.74, 6) is 0.168. The summed E-state index contributed by atoms with van der Waals surface area (Å²) in [6.07, 6.45) is 4.64. The van der Waals surface area contributed by atoms with Crippen LogP contribution in [-0.2, 0) is 17.6 Å². The number of hydrogen-bond acceptors (Lipinski definition) is 3. The second-order valence-corrected chi connectivity index (χ2v) is 6.98. The Hall–Kier alpha value is -1.81. The van der Waals surface area contributed by atoms with E-state index >= 15 is 0 Å². The summed E-state index contributed by atoms with van der Waals surface area (Å²) in [6, 6.07) is 12.7. The monoisotopic (exact) mass is 330 g/mol. The van der Waals surface area contributed by atoms with Gasteiger partial charge in [-0.25, -0.2) is 0 Å². The second-order valence-electron chi connectivity index (χ2n) is 5.95. The van der Waals surface area contributed by atoms with Crippen LogP contribution >= 0.6 is 11.3 Å². The Morgan fingerprint density at radius 3 is 2.52 bits per heavy atom. The van der Waals surface area contributed by atoms with Gasteiger partial charge in [-0.1, -0.05) is 18.2 Å². The van der Waals surface area contributed by atoms with Gasteiger partial charge >= 0.3 is 0 Å². The van der Waals surface area contributed by atoms with Crippen molar-refractivity contribution in [1.82, 2.24) is 5.32 Å². The highest BCUT2D eigenvalue weighted by molar-refractivity contribution is 7.09. The average Bonchev–Trinajstić information content (AvgIpc) is 3.05. The molecule has 124 valence electrons. The number of rotatable bonds is 9. The van der Waals surface area contributed by atoms with E-state index in [-0.39, 0.29) is 5.91 Å². The molecule has 2 rings (SSSR count). The third-order valence-electron chi connectivity index (χ3n) is 3.85. The zero-order valence-electron chi connectivity index (χ0n) is 14.0. The van der Waals surface area contributed by atoms with Crippen LogP contribution in [0.5, 0.6) is 0 Å². The quantitative estimate of drug-likeness (QED) is 0.708. The van der Waals surface area contributed by atoms with Crippen molar-refractivity contribution in [2.75, 3.05) is 25.5 Å². The lowest BCUT2D eigenvalue weighted by molar-refractivity contribution is -0.121. The molecule has 0 saturated carbocycles. The molecule has 1 aromatic carbocycles. The van der Waals surface area contributed by atoms with Gasteiger partial charge in [-0.2, -0.15) is 0 Å². The number of benzene rings is 1. The van der Waals surface area contributed by atoms with Crippen molar-refractivity contribution < 1.29 is 4.79 Å². The van der Waals surface area contributed by atoms with Crippen LogP contribution in [0.2, 0.25) is 0 Å². The SMILES string of the molecule is CN(C)c1ccc(CCNC(=O)CCCCc2cccs2)cc1. The largest absolute Gasteiger partial charge is 0.378 e. The normalized spacial score (nSPS) is 10.5. The summed E-state index contributed by atoms with van der Waals surface area (Å²) < 4.78 is 0. The molecule has 3 nitrogen and oxygen atoms in total. The first kappa shape index (κ1) is 17.5. The van der Waals surface area contributed by atoms with Gasteiger partial charge in [0.05, 0.1) is 0 Å². The number of carbonyl (C=O) groups excluding carboxylic acids is 1. The molecule has 1 N–H and O–H groups in total. The third kappa shape index (κ3) is 6.45. The van der Waals surface area contributed by atoms with Crippen LogP contribution in [0.1, 0.15) is 29.7 Å². The van der Waals surface area contributed by atoms with Gasteiger partial charge in [0.1, 0.15) is 0 Å². The number of hydrogen-bond donors (Lipinski definition) is 1. The first-order valence-corrected chi connectivity index (χ1v) is 9.08. The summed E-state index contributed by atoms with van der Waals surface area (Å²) >= 11 is 1.79. The fraction of sp³-hybridized carbons (Fsp3) is 0.421. The first-order valence-electron chi connectivity index (χ1n) is 8.20. The van der Waals surface area contributed by atoms with Gasteiger partial charge in [0, 0.05) is 37.6 Å². The standard InChI is InChI=1S/C19H26N2OS/c1-21(2)17-11-9-16(10-12-17)13-14-20-19(22)8-4-3-6-18-7-5-15-23-18/h5,7,9-12,15H,3-4,6,8,13-14H2,1-2H3,(H,20,22). The molecule has 2 aromatic rings. The summed E-state index contributed by atoms with van der Waals surface area (Å²) in [7, 11) is 4.07. The Labute approximate surface area is 143 Å². The van der Waals surface area contributed by atoms with Crippen molar-refractivity contribution in [2.45, 2.75) is 32.1 Å². The molecular weight excluding hydrogens is 304 g/mol. The van der Waals surface area contributed by atoms with Crippen LogP contribution in [-0.4, -0.2) is 26.5 Å². The van der Waals surface area contributed by atoms with E-state index in [9.17, 15) is 4.79 Å². The maximum atomic E-state index is 11.8. The molecule has 0 saturated heterocycles. The smallest absolute Gasteiger partial charge is 0.220 e. The van der Waals surface area contributed by atoms with E-state index in [2.05, 4.69) is 52.0 Å². The first-order chi connectivity index (χ1) is 11.1. The predicted octanol–water partition coefficient (Wildman–Crippen LogP) is 3.89. The number of aryl methyl sites for hydroxylation is 1. The number of carbonyl (C=O) groups is 1. The Morgan fingerprint density at radius 1 is 1.09 bits per heavy atom. The number of nitrogens with zero attached hydrogens (tertiary/aromatic N) is 1. The fourth-order valence-corrected chi connectivity index (χ4v) is 3.19. The summed E-state index contributed by atoms with van der Waals surface area (Å²) in [5.41, 5.74) is 2.46. The zero-order valence-corrected chi connectivity index (χ0v) is 14.9. The lowest BCUT2D eigenvalue weighted by Crippen LogP contribution is -2.25. The molecule has 1 amide bonds. The number of unbranched alkanes of at least 4 members (excludes halogenated alkanes) is 1. The minimum atomic E-state index is 0.168. The summed E-state index contributed by atoms with van der Waals surface area (Å²) in [6.45, 7) is 0.713. The minimum Gasteiger partial charge on any atom is -0.378 e. The van der Waals surface area contributed by atoms with Crippen LogP contribution in [0.4, 0.5) is 5.69 Å². The van der Waals surface area contributed by atoms with Crippen molar-refractivity contribution in [3.63, 3.8) is 0 Å². The van der Waals surface area contributed by atoms with Crippen molar-refractivity contribution in [3.05, 3.63) is 52.2 Å². The number of thiophene rings is 1. The highest BCUT2D eigenvalue weighted by atomic mass is 32.1. The fourth-order valence-electron chi connectivity index (χ4n) is 2.44. The second kappa shape index (κ2) is 9.36. The zero-order chi connectivity index (χ0) is 16.5. The van der Waals surface area contributed by atoms with E-state index in [4.69, 9.17) is 0 Å². The van der Waals surface area contributed by atoms with Crippen LogP contribution < -0.4 is 10.2 Å². The predicted molar refractivity (Wildman–Crippen MR) is 99.4 cm³/mol. The van der Waals surface area contributed by atoms with Gasteiger partial charge in [0.15, 0.2) is 0 Å². The lowest BCUT2D eigenvalue weighted by Gasteiger charge is -2.12. The lowest BCUT2D eigenvalue weighted by atomic mass is 10.1. The van der Waals surface area contributed by atoms with Gasteiger partial charge in [0.2, 0.25) is 5.91 Å². The molecule has 23 heavy (non-hydrogen) atoms. The molecule has 0 aliphatic rings. The van der Waals surface area contributed by atoms with E-state index in [1.165, 1.54) is 16.1 Å². The number of amides is 1. The van der Waals surface area contributed by atoms with Crippen molar-refractivity contribution in [2.24, 2.45) is 0 Å². The minimum absolute atomic E-state index is 0.168. The van der Waals surface area contributed by atoms with E-state index in [1.54, 1.807) is 11.3 Å². The molecule has 0 bridgehead atoms. The molecule has 1 aromatic heterocycles. The van der Waals surface area contributed by atoms with Gasteiger partial charge in [0.25, 0.3) is 0 Å². The molecule has 0 unspecified atom stereocenters. The van der Waals surface area contributed by atoms with Crippen molar-refractivity contribution >= 4 is 22.9 Å². The maximum absolute atomic E-state index is 11.8. The molecule has 4 heteroatoms. The molecule has 0 radical (unpaired) electrons. The summed E-state index contributed by atoms with van der Waals surface area (Å²) in [5, 5.41) is 5.12. The van der Waals surface area contributed by atoms with Crippen LogP contribution in [0.15, 0.2) is 41.8 Å². The van der Waals surface area contributed by atoms with Gasteiger partial charge < -0.3 is 10.2 Å². The number of anilines is 1. The molecule has 0 fully saturated rings. The highest BCUT2D eigenvalue weighted by Crippen LogP contribution is 2.13. The van der Waals surface area contributed by atoms with Gasteiger partial charge in [-0.05, 0) is 54.8 Å². The van der Waals surface area contributed by atoms with Crippen LogP contribution in [0, 0.1) is 0 Å². The summed E-state index contributed by atoms with van der Waals surface area (Å²) in [4.78, 5) is 15.3. The molecule has 0 aliphatic carbocycles. The van der Waals surface area contributed by atoms with Crippen LogP contribution in [0.3, 0.4) is 0 Å². The van der Waals surface area contributed by atoms with Crippen LogP contribution in [0.25, 0.3) is 0 Å². The van der Waals surface area contributed by atoms with E-state index in [0.29, 0.717) is 13.0 Å². The average molecular weight is 330 g/mol. The topological polar surface area (TPSA) is 32.3 Å². The van der Waals surface area contributed by atoms with E-state index in [0.717, 1.165) is 25.7 Å². The Balaban J connectivity index is 1.57. The molecule has 0 spiro atoms. The molecule has 1 heterocycles. The Kier molecular flexibility index (Phi) is 7.14. The molecule has 0 aliphatic heterocycles. The molecule has 0 atom stereocenters. The Bertz CT molecular complexity index is 576. The van der Waals surface area contributed by atoms with Crippen molar-refractivity contribution in [1.29, 1.82) is 0 Å². The van der Waals surface area contributed by atoms with Gasteiger partial charge in [-0.15, -0.1) is 11.3 Å². The van der Waals surface area contributed by atoms with Gasteiger partial charge in [-0.3, -0.25) is 4.79 Å². The Morgan fingerprint density at radius 2 is 1.87 bits per heavy atom. The van der Waals surface area contributed by atoms with E-state index in [1.807, 2.05) is 14.1 Å². The number of nitrogens with one attached hydrogen (secondary N) is 1. The maximum Gasteiger partial charge on any atom is 0.220 e. The third-order valence-corrected chi connectivity index (χ3v) is 4.78. The highest BCUT2D eigenvalue weighted by Gasteiger charge is 2.02.